The van der Waals surface area contributed by atoms with Gasteiger partial charge in [-0.05, 0) is 68.5 Å². The maximum absolute atomic E-state index is 12.5. The maximum atomic E-state index is 12.5. The van der Waals surface area contributed by atoms with Crippen LogP contribution in [0.1, 0.15) is 33.4 Å². The second-order valence-corrected chi connectivity index (χ2v) is 7.55. The van der Waals surface area contributed by atoms with Gasteiger partial charge in [0.2, 0.25) is 5.91 Å². The number of amides is 1. The van der Waals surface area contributed by atoms with Crippen molar-refractivity contribution in [3.05, 3.63) is 57.6 Å². The summed E-state index contributed by atoms with van der Waals surface area (Å²) in [7, 11) is 0. The van der Waals surface area contributed by atoms with E-state index in [1.54, 1.807) is 0 Å². The zero-order valence-corrected chi connectivity index (χ0v) is 15.6. The first-order chi connectivity index (χ1) is 11.3. The Hall–Kier alpha value is -2.20. The molecule has 3 aromatic rings. The Bertz CT molecular complexity index is 917. The number of aryl methyl sites for hydroxylation is 5. The lowest BCUT2D eigenvalue weighted by Crippen LogP contribution is -2.15. The first-order valence-corrected chi connectivity index (χ1v) is 8.89. The number of nitrogens with one attached hydrogen (secondary N) is 1. The second-order valence-electron chi connectivity index (χ2n) is 6.55. The van der Waals surface area contributed by atoms with Gasteiger partial charge in [-0.25, -0.2) is 4.98 Å². The van der Waals surface area contributed by atoms with E-state index < -0.39 is 0 Å². The smallest absolute Gasteiger partial charge is 0.230 e. The van der Waals surface area contributed by atoms with Crippen molar-refractivity contribution < 1.29 is 4.79 Å². The van der Waals surface area contributed by atoms with Crippen molar-refractivity contribution in [2.75, 3.05) is 5.32 Å². The third kappa shape index (κ3) is 3.34. The molecular formula is C20H22N2OS. The number of nitrogens with zero attached hydrogens (tertiary/aromatic N) is 1. The summed E-state index contributed by atoms with van der Waals surface area (Å²) in [6.45, 7) is 10.3. The Kier molecular flexibility index (Phi) is 4.41. The highest BCUT2D eigenvalue weighted by molar-refractivity contribution is 7.22. The van der Waals surface area contributed by atoms with Crippen molar-refractivity contribution in [3.8, 4) is 0 Å². The molecule has 0 bridgehead atoms. The zero-order chi connectivity index (χ0) is 17.4. The highest BCUT2D eigenvalue weighted by Crippen LogP contribution is 2.30. The van der Waals surface area contributed by atoms with E-state index in [2.05, 4.69) is 69.2 Å². The first-order valence-electron chi connectivity index (χ1n) is 8.08. The largest absolute Gasteiger partial charge is 0.302 e. The van der Waals surface area contributed by atoms with E-state index in [9.17, 15) is 4.79 Å². The van der Waals surface area contributed by atoms with Gasteiger partial charge in [0.1, 0.15) is 0 Å². The minimum Gasteiger partial charge on any atom is -0.302 e. The molecule has 0 fully saturated rings. The molecule has 0 atom stereocenters. The molecule has 0 saturated heterocycles. The Labute approximate surface area is 146 Å². The highest BCUT2D eigenvalue weighted by Gasteiger charge is 2.13. The zero-order valence-electron chi connectivity index (χ0n) is 14.8. The van der Waals surface area contributed by atoms with Gasteiger partial charge in [-0.3, -0.25) is 4.79 Å². The van der Waals surface area contributed by atoms with E-state index in [0.29, 0.717) is 11.6 Å². The lowest BCUT2D eigenvalue weighted by molar-refractivity contribution is -0.115. The summed E-state index contributed by atoms with van der Waals surface area (Å²) in [5.41, 5.74) is 8.01. The fraction of sp³-hybridized carbons (Fsp3) is 0.300. The van der Waals surface area contributed by atoms with Gasteiger partial charge in [-0.1, -0.05) is 35.1 Å². The van der Waals surface area contributed by atoms with Crippen LogP contribution in [0, 0.1) is 34.6 Å². The van der Waals surface area contributed by atoms with Gasteiger partial charge >= 0.3 is 0 Å². The number of carbonyl (C=O) groups is 1. The monoisotopic (exact) mass is 338 g/mol. The van der Waals surface area contributed by atoms with Gasteiger partial charge in [0.15, 0.2) is 5.13 Å². The lowest BCUT2D eigenvalue weighted by atomic mass is 9.97. The van der Waals surface area contributed by atoms with E-state index in [4.69, 9.17) is 0 Å². The van der Waals surface area contributed by atoms with Crippen molar-refractivity contribution in [1.29, 1.82) is 0 Å². The van der Waals surface area contributed by atoms with Crippen molar-refractivity contribution in [2.24, 2.45) is 0 Å². The van der Waals surface area contributed by atoms with Crippen LogP contribution >= 0.6 is 11.3 Å². The van der Waals surface area contributed by atoms with E-state index in [0.717, 1.165) is 15.8 Å². The highest BCUT2D eigenvalue weighted by atomic mass is 32.1. The number of rotatable bonds is 3. The summed E-state index contributed by atoms with van der Waals surface area (Å²) in [5, 5.41) is 3.64. The van der Waals surface area contributed by atoms with Crippen molar-refractivity contribution in [1.82, 2.24) is 4.98 Å². The number of thiazole rings is 1. The predicted molar refractivity (Wildman–Crippen MR) is 102 cm³/mol. The summed E-state index contributed by atoms with van der Waals surface area (Å²) in [5.74, 6) is -0.0153. The van der Waals surface area contributed by atoms with Crippen LogP contribution in [0.25, 0.3) is 10.2 Å². The first kappa shape index (κ1) is 16.7. The average molecular weight is 338 g/mol. The van der Waals surface area contributed by atoms with Crippen LogP contribution in [0.15, 0.2) is 24.3 Å². The fourth-order valence-electron chi connectivity index (χ4n) is 3.24. The molecule has 1 amide bonds. The van der Waals surface area contributed by atoms with Crippen LogP contribution in [-0.2, 0) is 11.2 Å². The molecule has 0 aliphatic carbocycles. The fourth-order valence-corrected chi connectivity index (χ4v) is 4.17. The number of anilines is 1. The molecule has 3 rings (SSSR count). The van der Waals surface area contributed by atoms with Gasteiger partial charge in [0.25, 0.3) is 0 Å². The minimum absolute atomic E-state index is 0.0153. The number of benzene rings is 2. The maximum Gasteiger partial charge on any atom is 0.230 e. The normalized spacial score (nSPS) is 11.0. The molecule has 0 spiro atoms. The molecule has 0 aliphatic rings. The van der Waals surface area contributed by atoms with Crippen LogP contribution in [0.5, 0.6) is 0 Å². The van der Waals surface area contributed by atoms with Gasteiger partial charge < -0.3 is 5.32 Å². The topological polar surface area (TPSA) is 42.0 Å². The number of carbonyl (C=O) groups excluding carboxylic acids is 1. The molecule has 2 aromatic carbocycles. The van der Waals surface area contributed by atoms with Crippen LogP contribution in [0.4, 0.5) is 5.13 Å². The Morgan fingerprint density at radius 2 is 1.54 bits per heavy atom. The SMILES string of the molecule is Cc1cc(C)c(CC(=O)Nc2nc3cc(C)cc(C)c3s2)c(C)c1. The number of aromatic nitrogens is 1. The summed E-state index contributed by atoms with van der Waals surface area (Å²) in [6, 6.07) is 8.45. The molecule has 24 heavy (non-hydrogen) atoms. The third-order valence-electron chi connectivity index (χ3n) is 4.24. The lowest BCUT2D eigenvalue weighted by Gasteiger charge is -2.10. The van der Waals surface area contributed by atoms with Crippen LogP contribution < -0.4 is 5.32 Å². The molecule has 0 aliphatic heterocycles. The quantitative estimate of drug-likeness (QED) is 0.728. The molecule has 1 N–H and O–H groups in total. The van der Waals surface area contributed by atoms with Crippen molar-refractivity contribution in [3.63, 3.8) is 0 Å². The molecule has 0 radical (unpaired) electrons. The number of fused-ring (bicyclic) bond motifs is 1. The van der Waals surface area contributed by atoms with E-state index in [1.165, 1.54) is 39.2 Å². The molecule has 4 heteroatoms. The van der Waals surface area contributed by atoms with Gasteiger partial charge in [-0.2, -0.15) is 0 Å². The molecular weight excluding hydrogens is 316 g/mol. The standard InChI is InChI=1S/C20H22N2OS/c1-11-6-13(3)16(14(4)7-11)10-18(23)22-20-21-17-9-12(2)8-15(5)19(17)24-20/h6-9H,10H2,1-5H3,(H,21,22,23). The van der Waals surface area contributed by atoms with E-state index in [1.807, 2.05) is 0 Å². The van der Waals surface area contributed by atoms with E-state index >= 15 is 0 Å². The van der Waals surface area contributed by atoms with Crippen molar-refractivity contribution in [2.45, 2.75) is 41.0 Å². The Morgan fingerprint density at radius 1 is 0.958 bits per heavy atom. The molecule has 1 aromatic heterocycles. The van der Waals surface area contributed by atoms with Gasteiger partial charge in [0.05, 0.1) is 16.6 Å². The second kappa shape index (κ2) is 6.36. The Balaban J connectivity index is 1.82. The van der Waals surface area contributed by atoms with Gasteiger partial charge in [-0.15, -0.1) is 0 Å². The molecule has 0 saturated carbocycles. The molecule has 1 heterocycles. The summed E-state index contributed by atoms with van der Waals surface area (Å²) in [6.07, 6.45) is 0.381. The van der Waals surface area contributed by atoms with E-state index in [-0.39, 0.29) is 5.91 Å². The summed E-state index contributed by atoms with van der Waals surface area (Å²) in [4.78, 5) is 17.0. The third-order valence-corrected chi connectivity index (χ3v) is 5.37. The Morgan fingerprint density at radius 3 is 2.21 bits per heavy atom. The molecule has 0 unspecified atom stereocenters. The number of hydrogen-bond donors (Lipinski definition) is 1. The summed E-state index contributed by atoms with van der Waals surface area (Å²) >= 11 is 1.54. The van der Waals surface area contributed by atoms with Crippen molar-refractivity contribution >= 4 is 32.6 Å². The average Bonchev–Trinajstić information content (AvgIpc) is 2.85. The molecule has 3 nitrogen and oxygen atoms in total. The minimum atomic E-state index is -0.0153. The van der Waals surface area contributed by atoms with Crippen LogP contribution in [0.2, 0.25) is 0 Å². The van der Waals surface area contributed by atoms with Crippen LogP contribution in [0.3, 0.4) is 0 Å². The molecule has 124 valence electrons. The van der Waals surface area contributed by atoms with Gasteiger partial charge in [0, 0.05) is 0 Å². The summed E-state index contributed by atoms with van der Waals surface area (Å²) < 4.78 is 1.14. The van der Waals surface area contributed by atoms with Crippen LogP contribution in [-0.4, -0.2) is 10.9 Å². The predicted octanol–water partition coefficient (Wildman–Crippen LogP) is 5.02. The number of hydrogen-bond acceptors (Lipinski definition) is 3.